The van der Waals surface area contributed by atoms with Crippen LogP contribution >= 0.6 is 0 Å². The van der Waals surface area contributed by atoms with Crippen LogP contribution in [0.2, 0.25) is 0 Å². The van der Waals surface area contributed by atoms with Gasteiger partial charge in [-0.05, 0) is 36.5 Å². The molecule has 0 aromatic heterocycles. The van der Waals surface area contributed by atoms with Crippen LogP contribution in [0.5, 0.6) is 5.75 Å². The molecule has 2 N–H and O–H groups in total. The molecule has 2 nitrogen and oxygen atoms in total. The van der Waals surface area contributed by atoms with E-state index in [0.29, 0.717) is 12.0 Å². The van der Waals surface area contributed by atoms with E-state index in [9.17, 15) is 0 Å². The van der Waals surface area contributed by atoms with Gasteiger partial charge in [0.15, 0.2) is 0 Å². The van der Waals surface area contributed by atoms with E-state index in [1.165, 1.54) is 12.0 Å². The molecule has 0 heterocycles. The molecule has 13 heavy (non-hydrogen) atoms. The monoisotopic (exact) mass is 177 g/mol. The zero-order valence-corrected chi connectivity index (χ0v) is 7.86. The number of benzene rings is 1. The number of hydrogen-bond donors (Lipinski definition) is 1. The van der Waals surface area contributed by atoms with Crippen molar-refractivity contribution < 1.29 is 4.74 Å². The van der Waals surface area contributed by atoms with Crippen LogP contribution in [0.15, 0.2) is 24.3 Å². The lowest BCUT2D eigenvalue weighted by Gasteiger charge is -2.33. The highest BCUT2D eigenvalue weighted by atomic mass is 16.5. The summed E-state index contributed by atoms with van der Waals surface area (Å²) in [7, 11) is 1.68. The Kier molecular flexibility index (Phi) is 2.23. The molecule has 1 fully saturated rings. The van der Waals surface area contributed by atoms with Gasteiger partial charge >= 0.3 is 0 Å². The molecule has 0 bridgehead atoms. The van der Waals surface area contributed by atoms with Crippen molar-refractivity contribution in [2.45, 2.75) is 24.8 Å². The van der Waals surface area contributed by atoms with Crippen LogP contribution in [0.1, 0.15) is 24.3 Å². The van der Waals surface area contributed by atoms with Crippen molar-refractivity contribution in [1.82, 2.24) is 0 Å². The lowest BCUT2D eigenvalue weighted by atomic mass is 9.76. The Morgan fingerprint density at radius 1 is 1.23 bits per heavy atom. The van der Waals surface area contributed by atoms with E-state index in [0.717, 1.165) is 12.2 Å². The van der Waals surface area contributed by atoms with Crippen LogP contribution in [0, 0.1) is 0 Å². The summed E-state index contributed by atoms with van der Waals surface area (Å²) in [6.07, 6.45) is 2.39. The van der Waals surface area contributed by atoms with Crippen molar-refractivity contribution >= 4 is 0 Å². The molecule has 1 aromatic rings. The smallest absolute Gasteiger partial charge is 0.118 e. The second kappa shape index (κ2) is 3.38. The van der Waals surface area contributed by atoms with Crippen molar-refractivity contribution in [1.29, 1.82) is 0 Å². The van der Waals surface area contributed by atoms with E-state index in [1.54, 1.807) is 7.11 Å². The highest BCUT2D eigenvalue weighted by Crippen LogP contribution is 2.35. The van der Waals surface area contributed by atoms with Gasteiger partial charge in [0, 0.05) is 6.04 Å². The fourth-order valence-corrected chi connectivity index (χ4v) is 1.79. The summed E-state index contributed by atoms with van der Waals surface area (Å²) in [5.41, 5.74) is 7.24. The maximum absolute atomic E-state index is 5.89. The molecule has 1 aliphatic carbocycles. The first-order valence-corrected chi connectivity index (χ1v) is 4.71. The minimum Gasteiger partial charge on any atom is -0.497 e. The summed E-state index contributed by atoms with van der Waals surface area (Å²) in [6.45, 7) is 0. The molecule has 2 atom stereocenters. The molecule has 0 amide bonds. The molecule has 1 saturated carbocycles. The lowest BCUT2D eigenvalue weighted by Crippen LogP contribution is -2.37. The lowest BCUT2D eigenvalue weighted by molar-refractivity contribution is 0.346. The third kappa shape index (κ3) is 1.54. The second-order valence-corrected chi connectivity index (χ2v) is 3.62. The van der Waals surface area contributed by atoms with E-state index >= 15 is 0 Å². The first-order valence-electron chi connectivity index (χ1n) is 4.71. The standard InChI is InChI=1S/C11H15NO/c1-13-9-4-2-8(3-5-9)10-6-7-11(10)12/h2-5,10-11H,6-7,12H2,1H3/t10-,11+/m0/s1. The molecule has 70 valence electrons. The Morgan fingerprint density at radius 3 is 2.31 bits per heavy atom. The quantitative estimate of drug-likeness (QED) is 0.748. The topological polar surface area (TPSA) is 35.2 Å². The average Bonchev–Trinajstić information content (AvgIpc) is 2.17. The summed E-state index contributed by atoms with van der Waals surface area (Å²) in [5, 5.41) is 0. The third-order valence-corrected chi connectivity index (χ3v) is 2.87. The molecule has 0 spiro atoms. The normalized spacial score (nSPS) is 26.6. The maximum atomic E-state index is 5.89. The maximum Gasteiger partial charge on any atom is 0.118 e. The number of methoxy groups -OCH3 is 1. The molecule has 0 saturated heterocycles. The van der Waals surface area contributed by atoms with Crippen LogP contribution in [-0.2, 0) is 0 Å². The number of nitrogens with two attached hydrogens (primary N) is 1. The van der Waals surface area contributed by atoms with E-state index in [4.69, 9.17) is 10.5 Å². The van der Waals surface area contributed by atoms with E-state index in [1.807, 2.05) is 12.1 Å². The molecule has 2 heteroatoms. The first kappa shape index (κ1) is 8.57. The largest absolute Gasteiger partial charge is 0.497 e. The summed E-state index contributed by atoms with van der Waals surface area (Å²) < 4.78 is 5.10. The van der Waals surface area contributed by atoms with Crippen molar-refractivity contribution in [3.05, 3.63) is 29.8 Å². The van der Waals surface area contributed by atoms with Crippen LogP contribution in [0.25, 0.3) is 0 Å². The number of ether oxygens (including phenoxy) is 1. The Hall–Kier alpha value is -1.02. The van der Waals surface area contributed by atoms with Gasteiger partial charge < -0.3 is 10.5 Å². The molecule has 0 radical (unpaired) electrons. The van der Waals surface area contributed by atoms with Crippen LogP contribution in [-0.4, -0.2) is 13.2 Å². The second-order valence-electron chi connectivity index (χ2n) is 3.62. The molecule has 1 aliphatic rings. The van der Waals surface area contributed by atoms with Gasteiger partial charge in [-0.15, -0.1) is 0 Å². The SMILES string of the molecule is COc1ccc([C@@H]2CC[C@H]2N)cc1. The Labute approximate surface area is 78.7 Å². The first-order chi connectivity index (χ1) is 6.31. The average molecular weight is 177 g/mol. The van der Waals surface area contributed by atoms with Gasteiger partial charge in [-0.3, -0.25) is 0 Å². The summed E-state index contributed by atoms with van der Waals surface area (Å²) in [5.74, 6) is 1.49. The van der Waals surface area contributed by atoms with Gasteiger partial charge in [-0.2, -0.15) is 0 Å². The molecule has 0 unspecified atom stereocenters. The zero-order valence-electron chi connectivity index (χ0n) is 7.86. The predicted octanol–water partition coefficient (Wildman–Crippen LogP) is 1.90. The van der Waals surface area contributed by atoms with Crippen LogP contribution in [0.3, 0.4) is 0 Å². The van der Waals surface area contributed by atoms with Gasteiger partial charge in [-0.1, -0.05) is 12.1 Å². The predicted molar refractivity (Wildman–Crippen MR) is 52.9 cm³/mol. The minimum atomic E-state index is 0.369. The molecule has 2 rings (SSSR count). The van der Waals surface area contributed by atoms with Gasteiger partial charge in [0.05, 0.1) is 7.11 Å². The van der Waals surface area contributed by atoms with Gasteiger partial charge in [-0.25, -0.2) is 0 Å². The fraction of sp³-hybridized carbons (Fsp3) is 0.455. The number of rotatable bonds is 2. The van der Waals surface area contributed by atoms with Crippen molar-refractivity contribution in [2.24, 2.45) is 5.73 Å². The Balaban J connectivity index is 2.13. The van der Waals surface area contributed by atoms with Gasteiger partial charge in [0.1, 0.15) is 5.75 Å². The van der Waals surface area contributed by atoms with Crippen LogP contribution in [0.4, 0.5) is 0 Å². The molecule has 0 aliphatic heterocycles. The van der Waals surface area contributed by atoms with Crippen molar-refractivity contribution in [3.63, 3.8) is 0 Å². The molecular weight excluding hydrogens is 162 g/mol. The Morgan fingerprint density at radius 2 is 1.92 bits per heavy atom. The van der Waals surface area contributed by atoms with Gasteiger partial charge in [0.2, 0.25) is 0 Å². The summed E-state index contributed by atoms with van der Waals surface area (Å²) in [4.78, 5) is 0. The summed E-state index contributed by atoms with van der Waals surface area (Å²) in [6, 6.07) is 8.60. The number of hydrogen-bond acceptors (Lipinski definition) is 2. The van der Waals surface area contributed by atoms with Crippen molar-refractivity contribution in [3.8, 4) is 5.75 Å². The van der Waals surface area contributed by atoms with Crippen molar-refractivity contribution in [2.75, 3.05) is 7.11 Å². The zero-order chi connectivity index (χ0) is 9.26. The Bertz CT molecular complexity index is 281. The van der Waals surface area contributed by atoms with Gasteiger partial charge in [0.25, 0.3) is 0 Å². The third-order valence-electron chi connectivity index (χ3n) is 2.87. The highest BCUT2D eigenvalue weighted by molar-refractivity contribution is 5.31. The minimum absolute atomic E-state index is 0.369. The fourth-order valence-electron chi connectivity index (χ4n) is 1.79. The molecular formula is C11H15NO. The van der Waals surface area contributed by atoms with E-state index in [2.05, 4.69) is 12.1 Å². The highest BCUT2D eigenvalue weighted by Gasteiger charge is 2.28. The van der Waals surface area contributed by atoms with E-state index in [-0.39, 0.29) is 0 Å². The van der Waals surface area contributed by atoms with E-state index < -0.39 is 0 Å². The van der Waals surface area contributed by atoms with Crippen LogP contribution < -0.4 is 10.5 Å². The summed E-state index contributed by atoms with van der Waals surface area (Å²) >= 11 is 0. The molecule has 1 aromatic carbocycles.